The van der Waals surface area contributed by atoms with E-state index in [9.17, 15) is 18.0 Å². The summed E-state index contributed by atoms with van der Waals surface area (Å²) in [6.45, 7) is 0. The number of alkyl halides is 3. The van der Waals surface area contributed by atoms with Crippen LogP contribution in [0.2, 0.25) is 0 Å². The number of halogens is 3. The Morgan fingerprint density at radius 3 is 2.64 bits per heavy atom. The minimum Gasteiger partial charge on any atom is -0.448 e. The maximum Gasteiger partial charge on any atom is 0.389 e. The number of aromatic nitrogens is 1. The van der Waals surface area contributed by atoms with Crippen LogP contribution in [-0.2, 0) is 6.42 Å². The Morgan fingerprint density at radius 2 is 2.21 bits per heavy atom. The van der Waals surface area contributed by atoms with Gasteiger partial charge >= 0.3 is 6.18 Å². The smallest absolute Gasteiger partial charge is 0.389 e. The van der Waals surface area contributed by atoms with E-state index in [4.69, 9.17) is 5.73 Å². The SMILES string of the molecule is NC(=O)c1coc(CCC(F)(F)F)n1. The normalized spacial score (nSPS) is 11.6. The predicted molar refractivity (Wildman–Crippen MR) is 39.4 cm³/mol. The minimum absolute atomic E-state index is 0.142. The average molecular weight is 208 g/mol. The standard InChI is InChI=1S/C7H7F3N2O2/c8-7(9,10)2-1-5-12-4(3-14-5)6(11)13/h3H,1-2H2,(H2,11,13). The summed E-state index contributed by atoms with van der Waals surface area (Å²) < 4.78 is 39.8. The van der Waals surface area contributed by atoms with Crippen LogP contribution in [0.4, 0.5) is 13.2 Å². The highest BCUT2D eigenvalue weighted by atomic mass is 19.4. The second kappa shape index (κ2) is 3.69. The number of rotatable bonds is 3. The number of nitrogens with two attached hydrogens (primary N) is 1. The molecular formula is C7H7F3N2O2. The topological polar surface area (TPSA) is 69.1 Å². The van der Waals surface area contributed by atoms with Gasteiger partial charge in [0.25, 0.3) is 5.91 Å². The lowest BCUT2D eigenvalue weighted by molar-refractivity contribution is -0.134. The zero-order valence-corrected chi connectivity index (χ0v) is 6.97. The first-order valence-corrected chi connectivity index (χ1v) is 3.69. The summed E-state index contributed by atoms with van der Waals surface area (Å²) in [5.41, 5.74) is 4.66. The third kappa shape index (κ3) is 3.08. The molecule has 78 valence electrons. The van der Waals surface area contributed by atoms with Gasteiger partial charge in [0.05, 0.1) is 6.42 Å². The summed E-state index contributed by atoms with van der Waals surface area (Å²) in [7, 11) is 0. The second-order valence-electron chi connectivity index (χ2n) is 2.61. The lowest BCUT2D eigenvalue weighted by atomic mass is 10.3. The van der Waals surface area contributed by atoms with Crippen LogP contribution >= 0.6 is 0 Å². The largest absolute Gasteiger partial charge is 0.448 e. The van der Waals surface area contributed by atoms with Crippen molar-refractivity contribution in [1.29, 1.82) is 0 Å². The third-order valence-corrected chi connectivity index (χ3v) is 1.43. The van der Waals surface area contributed by atoms with Crippen molar-refractivity contribution in [2.45, 2.75) is 19.0 Å². The quantitative estimate of drug-likeness (QED) is 0.813. The number of aryl methyl sites for hydroxylation is 1. The molecule has 1 heterocycles. The van der Waals surface area contributed by atoms with E-state index in [0.717, 1.165) is 6.26 Å². The first kappa shape index (κ1) is 10.6. The van der Waals surface area contributed by atoms with Crippen LogP contribution < -0.4 is 5.73 Å². The summed E-state index contributed by atoms with van der Waals surface area (Å²) in [4.78, 5) is 14.0. The van der Waals surface area contributed by atoms with E-state index in [2.05, 4.69) is 9.40 Å². The van der Waals surface area contributed by atoms with Crippen molar-refractivity contribution < 1.29 is 22.4 Å². The van der Waals surface area contributed by atoms with Gasteiger partial charge in [0.1, 0.15) is 6.26 Å². The molecule has 4 nitrogen and oxygen atoms in total. The number of amides is 1. The fourth-order valence-corrected chi connectivity index (χ4v) is 0.788. The minimum atomic E-state index is -4.26. The first-order valence-electron chi connectivity index (χ1n) is 3.69. The molecular weight excluding hydrogens is 201 g/mol. The Kier molecular flexibility index (Phi) is 2.78. The zero-order valence-electron chi connectivity index (χ0n) is 6.97. The zero-order chi connectivity index (χ0) is 10.8. The van der Waals surface area contributed by atoms with Crippen molar-refractivity contribution in [2.75, 3.05) is 0 Å². The van der Waals surface area contributed by atoms with Crippen LogP contribution in [0.15, 0.2) is 10.7 Å². The maximum atomic E-state index is 11.7. The van der Waals surface area contributed by atoms with Crippen molar-refractivity contribution in [2.24, 2.45) is 5.73 Å². The summed E-state index contributed by atoms with van der Waals surface area (Å²) in [6.07, 6.45) is -4.75. The molecule has 1 aromatic rings. The molecule has 0 bridgehead atoms. The van der Waals surface area contributed by atoms with Gasteiger partial charge in [-0.05, 0) is 0 Å². The molecule has 0 saturated heterocycles. The summed E-state index contributed by atoms with van der Waals surface area (Å²) in [5, 5.41) is 0. The third-order valence-electron chi connectivity index (χ3n) is 1.43. The molecule has 2 N–H and O–H groups in total. The van der Waals surface area contributed by atoms with E-state index >= 15 is 0 Å². The molecule has 1 aromatic heterocycles. The lowest BCUT2D eigenvalue weighted by Gasteiger charge is -2.02. The van der Waals surface area contributed by atoms with Gasteiger partial charge in [0.15, 0.2) is 11.6 Å². The van der Waals surface area contributed by atoms with Gasteiger partial charge in [0.2, 0.25) is 0 Å². The summed E-state index contributed by atoms with van der Waals surface area (Å²) in [5.74, 6) is -0.969. The van der Waals surface area contributed by atoms with Crippen molar-refractivity contribution in [3.05, 3.63) is 17.8 Å². The Bertz CT molecular complexity index is 332. The van der Waals surface area contributed by atoms with Gasteiger partial charge < -0.3 is 10.2 Å². The Hall–Kier alpha value is -1.53. The number of carbonyl (C=O) groups is 1. The van der Waals surface area contributed by atoms with Gasteiger partial charge in [-0.3, -0.25) is 4.79 Å². The molecule has 0 aliphatic rings. The van der Waals surface area contributed by atoms with Crippen molar-refractivity contribution in [1.82, 2.24) is 4.98 Å². The molecule has 0 spiro atoms. The molecule has 0 atom stereocenters. The molecule has 0 saturated carbocycles. The molecule has 0 fully saturated rings. The van der Waals surface area contributed by atoms with E-state index in [0.29, 0.717) is 0 Å². The van der Waals surface area contributed by atoms with E-state index in [-0.39, 0.29) is 11.6 Å². The van der Waals surface area contributed by atoms with Crippen LogP contribution in [0, 0.1) is 0 Å². The van der Waals surface area contributed by atoms with E-state index in [1.807, 2.05) is 0 Å². The maximum absolute atomic E-state index is 11.7. The highest BCUT2D eigenvalue weighted by Crippen LogP contribution is 2.21. The molecule has 1 rings (SSSR count). The Balaban J connectivity index is 2.56. The fraction of sp³-hybridized carbons (Fsp3) is 0.429. The highest BCUT2D eigenvalue weighted by Gasteiger charge is 2.27. The van der Waals surface area contributed by atoms with Crippen molar-refractivity contribution >= 4 is 5.91 Å². The monoisotopic (exact) mass is 208 g/mol. The number of nitrogens with zero attached hydrogens (tertiary/aromatic N) is 1. The van der Waals surface area contributed by atoms with E-state index in [1.54, 1.807) is 0 Å². The summed E-state index contributed by atoms with van der Waals surface area (Å²) >= 11 is 0. The van der Waals surface area contributed by atoms with E-state index < -0.39 is 24.9 Å². The highest BCUT2D eigenvalue weighted by molar-refractivity contribution is 5.90. The Morgan fingerprint density at radius 1 is 1.57 bits per heavy atom. The lowest BCUT2D eigenvalue weighted by Crippen LogP contribution is -2.12. The molecule has 1 amide bonds. The van der Waals surface area contributed by atoms with Crippen LogP contribution in [0.25, 0.3) is 0 Å². The van der Waals surface area contributed by atoms with Crippen LogP contribution in [0.3, 0.4) is 0 Å². The number of hydrogen-bond acceptors (Lipinski definition) is 3. The first-order chi connectivity index (χ1) is 6.38. The Labute approximate surface area is 76.9 Å². The number of carbonyl (C=O) groups excluding carboxylic acids is 1. The second-order valence-corrected chi connectivity index (χ2v) is 2.61. The van der Waals surface area contributed by atoms with Gasteiger partial charge in [-0.15, -0.1) is 0 Å². The molecule has 0 radical (unpaired) electrons. The van der Waals surface area contributed by atoms with Crippen LogP contribution in [0.5, 0.6) is 0 Å². The molecule has 7 heteroatoms. The van der Waals surface area contributed by atoms with Crippen LogP contribution in [0.1, 0.15) is 22.8 Å². The van der Waals surface area contributed by atoms with E-state index in [1.165, 1.54) is 0 Å². The molecule has 0 aromatic carbocycles. The summed E-state index contributed by atoms with van der Waals surface area (Å²) in [6, 6.07) is 0. The molecule has 0 unspecified atom stereocenters. The van der Waals surface area contributed by atoms with Gasteiger partial charge in [-0.1, -0.05) is 0 Å². The van der Waals surface area contributed by atoms with Gasteiger partial charge in [0, 0.05) is 6.42 Å². The number of oxazole rings is 1. The number of hydrogen-bond donors (Lipinski definition) is 1. The van der Waals surface area contributed by atoms with Crippen LogP contribution in [-0.4, -0.2) is 17.1 Å². The molecule has 14 heavy (non-hydrogen) atoms. The van der Waals surface area contributed by atoms with Crippen molar-refractivity contribution in [3.63, 3.8) is 0 Å². The van der Waals surface area contributed by atoms with Gasteiger partial charge in [-0.2, -0.15) is 13.2 Å². The van der Waals surface area contributed by atoms with Crippen molar-refractivity contribution in [3.8, 4) is 0 Å². The fourth-order valence-electron chi connectivity index (χ4n) is 0.788. The predicted octanol–water partition coefficient (Wildman–Crippen LogP) is 1.27. The average Bonchev–Trinajstić information content (AvgIpc) is 2.47. The molecule has 0 aliphatic carbocycles. The molecule has 0 aliphatic heterocycles. The van der Waals surface area contributed by atoms with Gasteiger partial charge in [-0.25, -0.2) is 4.98 Å². The number of primary amides is 1.